The quantitative estimate of drug-likeness (QED) is 0.595. The van der Waals surface area contributed by atoms with Gasteiger partial charge < -0.3 is 15.0 Å². The first-order valence-electron chi connectivity index (χ1n) is 11.4. The first kappa shape index (κ1) is 25.7. The molecule has 8 nitrogen and oxygen atoms in total. The maximum Gasteiger partial charge on any atom is 0.251 e. The molecule has 3 rings (SSSR count). The number of hydrogen-bond donors (Lipinski definition) is 2. The summed E-state index contributed by atoms with van der Waals surface area (Å²) >= 11 is 0. The van der Waals surface area contributed by atoms with E-state index in [2.05, 4.69) is 10.0 Å². The van der Waals surface area contributed by atoms with E-state index in [0.29, 0.717) is 13.2 Å². The molecule has 1 atom stereocenters. The molecular weight excluding hydrogens is 454 g/mol. The van der Waals surface area contributed by atoms with Gasteiger partial charge in [0.05, 0.1) is 24.1 Å². The van der Waals surface area contributed by atoms with Crippen LogP contribution in [0.2, 0.25) is 0 Å². The number of carbonyl (C=O) groups excluding carboxylic acids is 2. The second kappa shape index (κ2) is 10.6. The maximum atomic E-state index is 12.9. The highest BCUT2D eigenvalue weighted by molar-refractivity contribution is 7.89. The number of hydrogen-bond acceptors (Lipinski definition) is 5. The molecule has 2 aromatic rings. The predicted octanol–water partition coefficient (Wildman–Crippen LogP) is 3.26. The van der Waals surface area contributed by atoms with Crippen molar-refractivity contribution >= 4 is 21.8 Å². The van der Waals surface area contributed by atoms with Crippen LogP contribution in [0.15, 0.2) is 53.4 Å². The van der Waals surface area contributed by atoms with Gasteiger partial charge >= 0.3 is 0 Å². The number of likely N-dealkylation sites (tertiary alicyclic amines) is 1. The van der Waals surface area contributed by atoms with Crippen LogP contribution in [0.25, 0.3) is 0 Å². The zero-order valence-corrected chi connectivity index (χ0v) is 20.9. The summed E-state index contributed by atoms with van der Waals surface area (Å²) in [5.41, 5.74) is 0.710. The summed E-state index contributed by atoms with van der Waals surface area (Å²) in [5.74, 6) is 0.207. The molecule has 0 unspecified atom stereocenters. The predicted molar refractivity (Wildman–Crippen MR) is 130 cm³/mol. The van der Waals surface area contributed by atoms with Gasteiger partial charge in [0.2, 0.25) is 15.9 Å². The molecule has 2 N–H and O–H groups in total. The fourth-order valence-electron chi connectivity index (χ4n) is 3.97. The van der Waals surface area contributed by atoms with Gasteiger partial charge in [-0.25, -0.2) is 13.1 Å². The monoisotopic (exact) mass is 487 g/mol. The summed E-state index contributed by atoms with van der Waals surface area (Å²) in [6, 6.07) is 13.4. The molecule has 1 aliphatic heterocycles. The fourth-order valence-corrected chi connectivity index (χ4v) is 5.39. The normalized spacial score (nSPS) is 16.4. The molecule has 1 heterocycles. The molecule has 1 aliphatic rings. The standard InChI is InChI=1S/C25H33N3O5S/c1-5-33-20-12-8-18(9-13-20)22-7-6-16-28(22)23(29)17-26-24(30)19-10-14-21(15-11-19)34(31,32)27-25(2,3)4/h8-15,22,27H,5-7,16-17H2,1-4H3,(H,26,30)/t22-/m0/s1. The van der Waals surface area contributed by atoms with Crippen molar-refractivity contribution in [1.82, 2.24) is 14.9 Å². The van der Waals surface area contributed by atoms with Gasteiger partial charge in [0.25, 0.3) is 5.91 Å². The highest BCUT2D eigenvalue weighted by Crippen LogP contribution is 2.32. The van der Waals surface area contributed by atoms with Crippen LogP contribution in [0.1, 0.15) is 62.5 Å². The Bertz CT molecular complexity index is 1110. The number of rotatable bonds is 8. The minimum absolute atomic E-state index is 0.0279. The average Bonchev–Trinajstić information content (AvgIpc) is 3.26. The van der Waals surface area contributed by atoms with Gasteiger partial charge in [0.1, 0.15) is 5.75 Å². The van der Waals surface area contributed by atoms with Gasteiger partial charge in [-0.15, -0.1) is 0 Å². The Labute approximate surface area is 201 Å². The van der Waals surface area contributed by atoms with E-state index in [0.717, 1.165) is 24.2 Å². The minimum atomic E-state index is -3.69. The lowest BCUT2D eigenvalue weighted by atomic mass is 10.0. The molecule has 2 amide bonds. The van der Waals surface area contributed by atoms with E-state index in [1.165, 1.54) is 24.3 Å². The number of nitrogens with one attached hydrogen (secondary N) is 2. The highest BCUT2D eigenvalue weighted by Gasteiger charge is 2.30. The van der Waals surface area contributed by atoms with Gasteiger partial charge in [-0.05, 0) is 82.5 Å². The molecule has 1 saturated heterocycles. The van der Waals surface area contributed by atoms with Crippen molar-refractivity contribution in [2.24, 2.45) is 0 Å². The van der Waals surface area contributed by atoms with E-state index in [1.807, 2.05) is 31.2 Å². The van der Waals surface area contributed by atoms with Crippen LogP contribution in [-0.2, 0) is 14.8 Å². The molecule has 0 bridgehead atoms. The molecule has 0 aliphatic carbocycles. The van der Waals surface area contributed by atoms with Crippen LogP contribution in [0.5, 0.6) is 5.75 Å². The SMILES string of the molecule is CCOc1ccc([C@@H]2CCCN2C(=O)CNC(=O)c2ccc(S(=O)(=O)NC(C)(C)C)cc2)cc1. The van der Waals surface area contributed by atoms with E-state index in [9.17, 15) is 18.0 Å². The van der Waals surface area contributed by atoms with Crippen molar-refractivity contribution < 1.29 is 22.7 Å². The van der Waals surface area contributed by atoms with Crippen LogP contribution in [0.4, 0.5) is 0 Å². The first-order valence-corrected chi connectivity index (χ1v) is 12.9. The van der Waals surface area contributed by atoms with Crippen LogP contribution < -0.4 is 14.8 Å². The summed E-state index contributed by atoms with van der Waals surface area (Å²) in [7, 11) is -3.69. The second-order valence-corrected chi connectivity index (χ2v) is 11.0. The van der Waals surface area contributed by atoms with Crippen LogP contribution >= 0.6 is 0 Å². The number of benzene rings is 2. The van der Waals surface area contributed by atoms with Crippen LogP contribution in [-0.4, -0.2) is 50.4 Å². The molecule has 0 aromatic heterocycles. The molecule has 2 aromatic carbocycles. The maximum absolute atomic E-state index is 12.9. The third kappa shape index (κ3) is 6.57. The van der Waals surface area contributed by atoms with Gasteiger partial charge in [-0.2, -0.15) is 0 Å². The van der Waals surface area contributed by atoms with Crippen LogP contribution in [0.3, 0.4) is 0 Å². The van der Waals surface area contributed by atoms with Crippen molar-refractivity contribution in [2.75, 3.05) is 19.7 Å². The van der Waals surface area contributed by atoms with Crippen molar-refractivity contribution in [3.05, 3.63) is 59.7 Å². The Morgan fingerprint density at radius 1 is 1.06 bits per heavy atom. The third-order valence-corrected chi connectivity index (χ3v) is 7.19. The summed E-state index contributed by atoms with van der Waals surface area (Å²) in [6.45, 7) is 8.30. The minimum Gasteiger partial charge on any atom is -0.494 e. The number of carbonyl (C=O) groups is 2. The lowest BCUT2D eigenvalue weighted by Crippen LogP contribution is -2.40. The Balaban J connectivity index is 1.59. The largest absolute Gasteiger partial charge is 0.494 e. The molecule has 9 heteroatoms. The van der Waals surface area contributed by atoms with E-state index < -0.39 is 21.5 Å². The highest BCUT2D eigenvalue weighted by atomic mass is 32.2. The summed E-state index contributed by atoms with van der Waals surface area (Å²) in [6.07, 6.45) is 1.77. The summed E-state index contributed by atoms with van der Waals surface area (Å²) < 4.78 is 32.9. The molecule has 0 spiro atoms. The smallest absolute Gasteiger partial charge is 0.251 e. The second-order valence-electron chi connectivity index (χ2n) is 9.31. The Morgan fingerprint density at radius 2 is 1.71 bits per heavy atom. The topological polar surface area (TPSA) is 105 Å². The Hall–Kier alpha value is -2.91. The Morgan fingerprint density at radius 3 is 2.29 bits per heavy atom. The van der Waals surface area contributed by atoms with Crippen molar-refractivity contribution in [1.29, 1.82) is 0 Å². The van der Waals surface area contributed by atoms with E-state index >= 15 is 0 Å². The number of amides is 2. The van der Waals surface area contributed by atoms with Crippen LogP contribution in [0, 0.1) is 0 Å². The van der Waals surface area contributed by atoms with Crippen molar-refractivity contribution in [2.45, 2.75) is 57.0 Å². The molecule has 184 valence electrons. The molecule has 34 heavy (non-hydrogen) atoms. The van der Waals surface area contributed by atoms with Crippen molar-refractivity contribution in [3.8, 4) is 5.75 Å². The molecular formula is C25H33N3O5S. The lowest BCUT2D eigenvalue weighted by Gasteiger charge is -2.25. The lowest BCUT2D eigenvalue weighted by molar-refractivity contribution is -0.131. The van der Waals surface area contributed by atoms with Gasteiger partial charge in [-0.1, -0.05) is 12.1 Å². The summed E-state index contributed by atoms with van der Waals surface area (Å²) in [5, 5.41) is 2.65. The average molecular weight is 488 g/mol. The molecule has 1 fully saturated rings. The number of sulfonamides is 1. The zero-order chi connectivity index (χ0) is 24.9. The van der Waals surface area contributed by atoms with Gasteiger partial charge in [0.15, 0.2) is 0 Å². The van der Waals surface area contributed by atoms with E-state index in [-0.39, 0.29) is 29.0 Å². The fraction of sp³-hybridized carbons (Fsp3) is 0.440. The van der Waals surface area contributed by atoms with Gasteiger partial charge in [0, 0.05) is 17.6 Å². The molecule has 0 radical (unpaired) electrons. The summed E-state index contributed by atoms with van der Waals surface area (Å²) in [4.78, 5) is 27.3. The number of nitrogens with zero attached hydrogens (tertiary/aromatic N) is 1. The van der Waals surface area contributed by atoms with E-state index in [1.54, 1.807) is 25.7 Å². The van der Waals surface area contributed by atoms with Crippen molar-refractivity contribution in [3.63, 3.8) is 0 Å². The zero-order valence-electron chi connectivity index (χ0n) is 20.1. The third-order valence-electron chi connectivity index (χ3n) is 5.42. The Kier molecular flexibility index (Phi) is 7.99. The first-order chi connectivity index (χ1) is 16.0. The number of ether oxygens (including phenoxy) is 1. The van der Waals surface area contributed by atoms with Gasteiger partial charge in [-0.3, -0.25) is 9.59 Å². The molecule has 0 saturated carbocycles. The van der Waals surface area contributed by atoms with E-state index in [4.69, 9.17) is 4.74 Å².